The molecule has 108 valence electrons. The van der Waals surface area contributed by atoms with Crippen molar-refractivity contribution >= 4 is 0 Å². The van der Waals surface area contributed by atoms with Crippen LogP contribution in [-0.2, 0) is 10.2 Å². The van der Waals surface area contributed by atoms with Crippen molar-refractivity contribution in [1.82, 2.24) is 0 Å². The molecule has 0 aliphatic rings. The molecular weight excluding hydrogens is 238 g/mol. The fraction of sp³-hybridized carbons (Fsp3) is 0.625. The van der Waals surface area contributed by atoms with Gasteiger partial charge in [0.1, 0.15) is 0 Å². The van der Waals surface area contributed by atoms with E-state index in [1.807, 2.05) is 6.92 Å². The Morgan fingerprint density at radius 2 is 1.68 bits per heavy atom. The Bertz CT molecular complexity index is 379. The molecule has 0 heterocycles. The molecule has 0 aromatic heterocycles. The summed E-state index contributed by atoms with van der Waals surface area (Å²) in [6, 6.07) is 8.36. The first kappa shape index (κ1) is 16.2. The van der Waals surface area contributed by atoms with Crippen LogP contribution in [-0.4, -0.2) is 23.9 Å². The first-order chi connectivity index (χ1) is 8.75. The summed E-state index contributed by atoms with van der Waals surface area (Å²) in [7, 11) is 0. The molecule has 1 aromatic carbocycles. The van der Waals surface area contributed by atoms with Crippen LogP contribution in [0.1, 0.15) is 51.8 Å². The normalized spacial score (nSPS) is 17.0. The van der Waals surface area contributed by atoms with Gasteiger partial charge in [-0.1, -0.05) is 45.0 Å². The highest BCUT2D eigenvalue weighted by Crippen LogP contribution is 2.25. The van der Waals surface area contributed by atoms with Gasteiger partial charge >= 0.3 is 0 Å². The smallest absolute Gasteiger partial charge is 0.0952 e. The van der Waals surface area contributed by atoms with Crippen LogP contribution in [0.2, 0.25) is 0 Å². The van der Waals surface area contributed by atoms with Crippen molar-refractivity contribution in [2.45, 2.75) is 58.3 Å². The van der Waals surface area contributed by atoms with Crippen LogP contribution in [0.4, 0.5) is 0 Å². The second-order valence-corrected chi connectivity index (χ2v) is 6.18. The Morgan fingerprint density at radius 1 is 1.16 bits per heavy atom. The number of aliphatic hydroxyl groups excluding tert-OH is 1. The number of nitrogens with two attached hydrogens (primary N) is 1. The Balaban J connectivity index is 2.82. The van der Waals surface area contributed by atoms with E-state index in [2.05, 4.69) is 45.0 Å². The first-order valence-corrected chi connectivity index (χ1v) is 6.89. The molecule has 0 amide bonds. The zero-order chi connectivity index (χ0) is 14.6. The summed E-state index contributed by atoms with van der Waals surface area (Å²) in [6.07, 6.45) is -0.891. The van der Waals surface area contributed by atoms with Gasteiger partial charge < -0.3 is 15.6 Å². The van der Waals surface area contributed by atoms with Crippen LogP contribution in [0.25, 0.3) is 0 Å². The summed E-state index contributed by atoms with van der Waals surface area (Å²) in [6.45, 7) is 10.6. The molecule has 0 bridgehead atoms. The van der Waals surface area contributed by atoms with Crippen molar-refractivity contribution in [3.8, 4) is 0 Å². The fourth-order valence-electron chi connectivity index (χ4n) is 1.84. The van der Waals surface area contributed by atoms with Gasteiger partial charge in [-0.15, -0.1) is 0 Å². The fourth-order valence-corrected chi connectivity index (χ4v) is 1.84. The van der Waals surface area contributed by atoms with Crippen molar-refractivity contribution in [2.24, 2.45) is 5.73 Å². The number of rotatable bonds is 5. The van der Waals surface area contributed by atoms with Crippen LogP contribution < -0.4 is 5.73 Å². The van der Waals surface area contributed by atoms with Crippen molar-refractivity contribution in [3.05, 3.63) is 35.4 Å². The highest BCUT2D eigenvalue weighted by atomic mass is 16.5. The minimum absolute atomic E-state index is 0.143. The maximum absolute atomic E-state index is 9.50. The Kier molecular flexibility index (Phi) is 5.53. The number of aliphatic hydroxyl groups is 1. The number of hydrogen-bond donors (Lipinski definition) is 2. The molecule has 3 nitrogen and oxygen atoms in total. The molecule has 0 saturated carbocycles. The second-order valence-electron chi connectivity index (χ2n) is 6.18. The molecule has 19 heavy (non-hydrogen) atoms. The summed E-state index contributed by atoms with van der Waals surface area (Å²) >= 11 is 0. The summed E-state index contributed by atoms with van der Waals surface area (Å²) in [5.41, 5.74) is 8.26. The lowest BCUT2D eigenvalue weighted by Gasteiger charge is -2.25. The van der Waals surface area contributed by atoms with Gasteiger partial charge in [0.05, 0.1) is 18.3 Å². The summed E-state index contributed by atoms with van der Waals surface area (Å²) in [5.74, 6) is 0. The average Bonchev–Trinajstić information content (AvgIpc) is 2.34. The van der Waals surface area contributed by atoms with Crippen LogP contribution in [0, 0.1) is 0 Å². The van der Waals surface area contributed by atoms with E-state index in [9.17, 15) is 5.11 Å². The molecule has 3 heteroatoms. The standard InChI is InChI=1S/C16H27NO2/c1-11(18)12(2)19-15(10-17)13-6-8-14(9-7-13)16(3,4)5/h6-9,11-12,15,18H,10,17H2,1-5H3. The lowest BCUT2D eigenvalue weighted by Crippen LogP contribution is -2.28. The third-order valence-corrected chi connectivity index (χ3v) is 3.42. The van der Waals surface area contributed by atoms with E-state index in [4.69, 9.17) is 10.5 Å². The molecular formula is C16H27NO2. The van der Waals surface area contributed by atoms with Gasteiger partial charge in [-0.05, 0) is 30.4 Å². The van der Waals surface area contributed by atoms with Gasteiger partial charge in [-0.2, -0.15) is 0 Å². The van der Waals surface area contributed by atoms with E-state index < -0.39 is 6.10 Å². The molecule has 0 radical (unpaired) electrons. The molecule has 3 unspecified atom stereocenters. The first-order valence-electron chi connectivity index (χ1n) is 6.89. The van der Waals surface area contributed by atoms with Crippen LogP contribution >= 0.6 is 0 Å². The topological polar surface area (TPSA) is 55.5 Å². The molecule has 0 fully saturated rings. The van der Waals surface area contributed by atoms with Crippen LogP contribution in [0.5, 0.6) is 0 Å². The lowest BCUT2D eigenvalue weighted by atomic mass is 9.86. The van der Waals surface area contributed by atoms with Gasteiger partial charge in [0.2, 0.25) is 0 Å². The van der Waals surface area contributed by atoms with E-state index in [0.29, 0.717) is 6.54 Å². The van der Waals surface area contributed by atoms with Crippen LogP contribution in [0.15, 0.2) is 24.3 Å². The Hall–Kier alpha value is -0.900. The van der Waals surface area contributed by atoms with Crippen molar-refractivity contribution in [3.63, 3.8) is 0 Å². The Labute approximate surface area is 116 Å². The largest absolute Gasteiger partial charge is 0.391 e. The molecule has 3 N–H and O–H groups in total. The van der Waals surface area contributed by atoms with Gasteiger partial charge in [-0.25, -0.2) is 0 Å². The second kappa shape index (κ2) is 6.51. The van der Waals surface area contributed by atoms with Crippen molar-refractivity contribution < 1.29 is 9.84 Å². The monoisotopic (exact) mass is 265 g/mol. The van der Waals surface area contributed by atoms with Gasteiger partial charge in [-0.3, -0.25) is 0 Å². The van der Waals surface area contributed by atoms with Crippen LogP contribution in [0.3, 0.4) is 0 Å². The zero-order valence-corrected chi connectivity index (χ0v) is 12.7. The molecule has 1 aromatic rings. The van der Waals surface area contributed by atoms with Gasteiger partial charge in [0.25, 0.3) is 0 Å². The number of hydrogen-bond acceptors (Lipinski definition) is 3. The minimum Gasteiger partial charge on any atom is -0.391 e. The van der Waals surface area contributed by atoms with E-state index in [-0.39, 0.29) is 17.6 Å². The molecule has 0 aliphatic carbocycles. The zero-order valence-electron chi connectivity index (χ0n) is 12.7. The maximum atomic E-state index is 9.50. The predicted octanol–water partition coefficient (Wildman–Crippen LogP) is 2.77. The molecule has 0 spiro atoms. The van der Waals surface area contributed by atoms with E-state index in [1.54, 1.807) is 6.92 Å². The third-order valence-electron chi connectivity index (χ3n) is 3.42. The van der Waals surface area contributed by atoms with E-state index in [1.165, 1.54) is 5.56 Å². The van der Waals surface area contributed by atoms with Gasteiger partial charge in [0.15, 0.2) is 0 Å². The SMILES string of the molecule is CC(O)C(C)OC(CN)c1ccc(C(C)(C)C)cc1. The highest BCUT2D eigenvalue weighted by molar-refractivity contribution is 5.28. The minimum atomic E-state index is -0.497. The number of benzene rings is 1. The van der Waals surface area contributed by atoms with E-state index >= 15 is 0 Å². The van der Waals surface area contributed by atoms with E-state index in [0.717, 1.165) is 5.56 Å². The quantitative estimate of drug-likeness (QED) is 0.860. The molecule has 0 aliphatic heterocycles. The Morgan fingerprint density at radius 3 is 2.05 bits per heavy atom. The molecule has 3 atom stereocenters. The third kappa shape index (κ3) is 4.60. The molecule has 1 rings (SSSR count). The summed E-state index contributed by atoms with van der Waals surface area (Å²) < 4.78 is 5.80. The molecule has 0 saturated heterocycles. The maximum Gasteiger partial charge on any atom is 0.0952 e. The predicted molar refractivity (Wildman–Crippen MR) is 79.2 cm³/mol. The summed E-state index contributed by atoms with van der Waals surface area (Å²) in [5, 5.41) is 9.50. The highest BCUT2D eigenvalue weighted by Gasteiger charge is 2.19. The van der Waals surface area contributed by atoms with Gasteiger partial charge in [0, 0.05) is 6.54 Å². The number of ether oxygens (including phenoxy) is 1. The average molecular weight is 265 g/mol. The van der Waals surface area contributed by atoms with Crippen molar-refractivity contribution in [1.29, 1.82) is 0 Å². The summed E-state index contributed by atoms with van der Waals surface area (Å²) in [4.78, 5) is 0. The van der Waals surface area contributed by atoms with Crippen molar-refractivity contribution in [2.75, 3.05) is 6.54 Å². The lowest BCUT2D eigenvalue weighted by molar-refractivity contribution is -0.0591.